The van der Waals surface area contributed by atoms with E-state index in [1.807, 2.05) is 90.0 Å². The molecule has 0 fully saturated rings. The van der Waals surface area contributed by atoms with Crippen LogP contribution >= 0.6 is 0 Å². The summed E-state index contributed by atoms with van der Waals surface area (Å²) in [6, 6.07) is 30.0. The molecule has 1 heterocycles. The van der Waals surface area contributed by atoms with Crippen molar-refractivity contribution in [3.8, 4) is 5.75 Å². The van der Waals surface area contributed by atoms with Crippen LogP contribution in [0.1, 0.15) is 66.4 Å². The molecular weight excluding hydrogens is 534 g/mol. The maximum absolute atomic E-state index is 14.0. The number of nitrogens with zero attached hydrogens (tertiary/aromatic N) is 3. The van der Waals surface area contributed by atoms with Crippen molar-refractivity contribution >= 4 is 11.8 Å². The molecule has 43 heavy (non-hydrogen) atoms. The largest absolute Gasteiger partial charge is 0.497 e. The van der Waals surface area contributed by atoms with Crippen LogP contribution in [0.2, 0.25) is 0 Å². The van der Waals surface area contributed by atoms with Gasteiger partial charge in [-0.3, -0.25) is 9.59 Å². The lowest BCUT2D eigenvalue weighted by Gasteiger charge is -2.29. The Morgan fingerprint density at radius 1 is 0.814 bits per heavy atom. The summed E-state index contributed by atoms with van der Waals surface area (Å²) in [5, 5.41) is 0. The summed E-state index contributed by atoms with van der Waals surface area (Å²) >= 11 is 0. The molecule has 0 atom stereocenters. The minimum Gasteiger partial charge on any atom is -0.497 e. The van der Waals surface area contributed by atoms with Crippen molar-refractivity contribution in [2.75, 3.05) is 20.2 Å². The summed E-state index contributed by atoms with van der Waals surface area (Å²) in [6.45, 7) is 8.42. The lowest BCUT2D eigenvalue weighted by molar-refractivity contribution is -0.133. The zero-order valence-electron chi connectivity index (χ0n) is 26.0. The van der Waals surface area contributed by atoms with Gasteiger partial charge in [0, 0.05) is 37.1 Å². The first-order valence-corrected chi connectivity index (χ1v) is 15.3. The van der Waals surface area contributed by atoms with Gasteiger partial charge in [0.1, 0.15) is 12.3 Å². The number of unbranched alkanes of at least 4 members (excludes halogenated alkanes) is 1. The lowest BCUT2D eigenvalue weighted by atomic mass is 10.1. The van der Waals surface area contributed by atoms with Crippen molar-refractivity contribution in [2.45, 2.75) is 59.7 Å². The molecule has 0 saturated carbocycles. The van der Waals surface area contributed by atoms with Gasteiger partial charge in [-0.2, -0.15) is 0 Å². The Bertz CT molecular complexity index is 1440. The molecule has 1 aromatic heterocycles. The molecule has 0 aliphatic rings. The summed E-state index contributed by atoms with van der Waals surface area (Å²) in [5.74, 6) is 0.859. The highest BCUT2D eigenvalue weighted by atomic mass is 16.5. The monoisotopic (exact) mass is 579 g/mol. The number of benzene rings is 3. The minimum atomic E-state index is -0.106. The number of amides is 2. The third-order valence-corrected chi connectivity index (χ3v) is 7.55. The van der Waals surface area contributed by atoms with E-state index in [2.05, 4.69) is 37.5 Å². The summed E-state index contributed by atoms with van der Waals surface area (Å²) in [7, 11) is 1.67. The fourth-order valence-corrected chi connectivity index (χ4v) is 5.25. The lowest BCUT2D eigenvalue weighted by Crippen LogP contribution is -2.44. The molecule has 4 aromatic rings. The van der Waals surface area contributed by atoms with E-state index >= 15 is 0 Å². The van der Waals surface area contributed by atoms with Gasteiger partial charge in [-0.15, -0.1) is 0 Å². The third-order valence-electron chi connectivity index (χ3n) is 7.55. The van der Waals surface area contributed by atoms with Gasteiger partial charge < -0.3 is 19.1 Å². The Labute approximate surface area is 256 Å². The van der Waals surface area contributed by atoms with E-state index in [1.165, 1.54) is 5.56 Å². The molecule has 3 aromatic carbocycles. The highest BCUT2D eigenvalue weighted by Crippen LogP contribution is 2.18. The molecule has 0 bridgehead atoms. The van der Waals surface area contributed by atoms with Crippen molar-refractivity contribution in [2.24, 2.45) is 5.92 Å². The minimum absolute atomic E-state index is 0.0258. The highest BCUT2D eigenvalue weighted by molar-refractivity contribution is 5.96. The van der Waals surface area contributed by atoms with Gasteiger partial charge in [0.25, 0.3) is 5.91 Å². The average Bonchev–Trinajstić information content (AvgIpc) is 3.45. The first kappa shape index (κ1) is 31.6. The van der Waals surface area contributed by atoms with Crippen LogP contribution in [0.5, 0.6) is 5.75 Å². The molecule has 226 valence electrons. The van der Waals surface area contributed by atoms with E-state index in [0.717, 1.165) is 41.8 Å². The first-order valence-electron chi connectivity index (χ1n) is 15.3. The predicted octanol–water partition coefficient (Wildman–Crippen LogP) is 7.21. The Morgan fingerprint density at radius 2 is 1.56 bits per heavy atom. The number of methoxy groups -OCH3 is 1. The molecule has 0 radical (unpaired) electrons. The molecule has 4 rings (SSSR count). The fraction of sp³-hybridized carbons (Fsp3) is 0.351. The van der Waals surface area contributed by atoms with E-state index in [-0.39, 0.29) is 24.3 Å². The van der Waals surface area contributed by atoms with Gasteiger partial charge in [0.15, 0.2) is 0 Å². The van der Waals surface area contributed by atoms with Crippen LogP contribution < -0.4 is 4.74 Å². The van der Waals surface area contributed by atoms with E-state index in [0.29, 0.717) is 31.7 Å². The van der Waals surface area contributed by atoms with Crippen LogP contribution in [0.4, 0.5) is 0 Å². The van der Waals surface area contributed by atoms with E-state index in [1.54, 1.807) is 12.0 Å². The van der Waals surface area contributed by atoms with Gasteiger partial charge in [-0.25, -0.2) is 0 Å². The Kier molecular flexibility index (Phi) is 11.6. The average molecular weight is 580 g/mol. The molecule has 0 aliphatic carbocycles. The molecular formula is C37H45N3O3. The predicted molar refractivity (Wildman–Crippen MR) is 173 cm³/mol. The summed E-state index contributed by atoms with van der Waals surface area (Å²) in [6.07, 6.45) is 5.31. The Morgan fingerprint density at radius 3 is 2.26 bits per heavy atom. The Balaban J connectivity index is 1.55. The van der Waals surface area contributed by atoms with Crippen molar-refractivity contribution in [1.29, 1.82) is 0 Å². The smallest absolute Gasteiger partial charge is 0.254 e. The molecule has 2 amide bonds. The second-order valence-corrected chi connectivity index (χ2v) is 11.6. The summed E-state index contributed by atoms with van der Waals surface area (Å²) < 4.78 is 7.57. The van der Waals surface area contributed by atoms with Crippen LogP contribution in [0.25, 0.3) is 0 Å². The number of carbonyl (C=O) groups is 2. The molecule has 0 unspecified atom stereocenters. The molecule has 0 saturated heterocycles. The quantitative estimate of drug-likeness (QED) is 0.150. The number of hydrogen-bond donors (Lipinski definition) is 0. The number of aromatic nitrogens is 1. The van der Waals surface area contributed by atoms with Gasteiger partial charge in [0.05, 0.1) is 13.7 Å². The number of rotatable bonds is 15. The van der Waals surface area contributed by atoms with Crippen molar-refractivity contribution in [1.82, 2.24) is 14.4 Å². The van der Waals surface area contributed by atoms with Gasteiger partial charge in [0.2, 0.25) is 5.91 Å². The van der Waals surface area contributed by atoms with Crippen LogP contribution in [0, 0.1) is 5.92 Å². The number of hydrogen-bond acceptors (Lipinski definition) is 3. The number of aryl methyl sites for hydroxylation is 1. The number of carbonyl (C=O) groups excluding carboxylic acids is 2. The van der Waals surface area contributed by atoms with Crippen LogP contribution in [-0.2, 0) is 30.8 Å². The molecule has 0 spiro atoms. The van der Waals surface area contributed by atoms with Gasteiger partial charge in [-0.1, -0.05) is 81.8 Å². The zero-order chi connectivity index (χ0) is 30.6. The third kappa shape index (κ3) is 9.34. The van der Waals surface area contributed by atoms with Crippen molar-refractivity contribution in [3.05, 3.63) is 125 Å². The second kappa shape index (κ2) is 15.8. The maximum atomic E-state index is 14.0. The SMILES string of the molecule is CCCCc1ccc(C(=O)N(CC(=O)N(Cc2ccccc2)Cc2cccn2Cc2cccc(OC)c2)CC(C)C)cc1. The Hall–Kier alpha value is -4.32. The van der Waals surface area contributed by atoms with Crippen molar-refractivity contribution < 1.29 is 14.3 Å². The van der Waals surface area contributed by atoms with Crippen LogP contribution in [-0.4, -0.2) is 46.4 Å². The van der Waals surface area contributed by atoms with Gasteiger partial charge in [-0.05, 0) is 71.8 Å². The highest BCUT2D eigenvalue weighted by Gasteiger charge is 2.24. The van der Waals surface area contributed by atoms with Gasteiger partial charge >= 0.3 is 0 Å². The second-order valence-electron chi connectivity index (χ2n) is 11.6. The zero-order valence-corrected chi connectivity index (χ0v) is 26.0. The fourth-order valence-electron chi connectivity index (χ4n) is 5.25. The van der Waals surface area contributed by atoms with E-state index in [9.17, 15) is 9.59 Å². The molecule has 6 heteroatoms. The first-order chi connectivity index (χ1) is 20.9. The van der Waals surface area contributed by atoms with E-state index in [4.69, 9.17) is 4.74 Å². The molecule has 0 N–H and O–H groups in total. The molecule has 6 nitrogen and oxygen atoms in total. The summed E-state index contributed by atoms with van der Waals surface area (Å²) in [4.78, 5) is 31.3. The van der Waals surface area contributed by atoms with Crippen LogP contribution in [0.3, 0.4) is 0 Å². The van der Waals surface area contributed by atoms with Crippen LogP contribution in [0.15, 0.2) is 97.2 Å². The van der Waals surface area contributed by atoms with Crippen molar-refractivity contribution in [3.63, 3.8) is 0 Å². The molecule has 0 aliphatic heterocycles. The topological polar surface area (TPSA) is 54.8 Å². The van der Waals surface area contributed by atoms with E-state index < -0.39 is 0 Å². The number of ether oxygens (including phenoxy) is 1. The standard InChI is InChI=1S/C37H45N3O3/c1-5-6-12-30-18-20-33(21-19-30)37(42)40(24-29(2)3)28-36(41)39(25-31-13-8-7-9-14-31)27-34-16-11-22-38(34)26-32-15-10-17-35(23-32)43-4/h7-11,13-23,29H,5-6,12,24-28H2,1-4H3. The summed E-state index contributed by atoms with van der Waals surface area (Å²) in [5.41, 5.74) is 5.04. The maximum Gasteiger partial charge on any atom is 0.254 e. The normalized spacial score (nSPS) is 11.0.